The second-order valence-electron chi connectivity index (χ2n) is 5.18. The summed E-state index contributed by atoms with van der Waals surface area (Å²) in [4.78, 5) is 10.8. The first-order chi connectivity index (χ1) is 11.0. The summed E-state index contributed by atoms with van der Waals surface area (Å²) in [5.41, 5.74) is 0. The molecule has 2 atom stereocenters. The smallest absolute Gasteiger partial charge is 0.481 e. The molecule has 1 heterocycles. The summed E-state index contributed by atoms with van der Waals surface area (Å²) in [6.07, 6.45) is -6.10. The topological polar surface area (TPSA) is 104 Å². The standard InChI is InChI=1S/C13H14F3NO6S/c14-13(15,16)23-8-1-3-9(4-2-8)24(21,22)17-6-5-11(18)10(7-17)12(19)20/h1-4,10-11,18H,5-7H2,(H,19,20)/t10-,11+/m0/s1. The molecule has 1 fully saturated rings. The lowest BCUT2D eigenvalue weighted by atomic mass is 9.96. The molecule has 0 aliphatic carbocycles. The first-order valence-corrected chi connectivity index (χ1v) is 8.21. The van der Waals surface area contributed by atoms with E-state index in [-0.39, 0.29) is 17.9 Å². The number of nitrogens with zero attached hydrogens (tertiary/aromatic N) is 1. The van der Waals surface area contributed by atoms with Gasteiger partial charge in [-0.3, -0.25) is 4.79 Å². The zero-order valence-electron chi connectivity index (χ0n) is 12.1. The molecule has 134 valence electrons. The maximum absolute atomic E-state index is 12.4. The number of aliphatic hydroxyl groups is 1. The van der Waals surface area contributed by atoms with Crippen LogP contribution in [0, 0.1) is 5.92 Å². The molecule has 11 heteroatoms. The van der Waals surface area contributed by atoms with Gasteiger partial charge in [0.05, 0.1) is 16.9 Å². The van der Waals surface area contributed by atoms with Gasteiger partial charge in [0.2, 0.25) is 10.0 Å². The number of carboxylic acid groups (broad SMARTS) is 1. The van der Waals surface area contributed by atoms with Crippen LogP contribution in [-0.2, 0) is 14.8 Å². The van der Waals surface area contributed by atoms with Gasteiger partial charge in [0, 0.05) is 13.1 Å². The van der Waals surface area contributed by atoms with Crippen LogP contribution in [0.1, 0.15) is 6.42 Å². The lowest BCUT2D eigenvalue weighted by Crippen LogP contribution is -2.48. The second kappa shape index (κ2) is 6.57. The highest BCUT2D eigenvalue weighted by atomic mass is 32.2. The van der Waals surface area contributed by atoms with Crippen LogP contribution < -0.4 is 4.74 Å². The average Bonchev–Trinajstić information content (AvgIpc) is 2.46. The molecule has 1 aromatic rings. The molecule has 1 aliphatic rings. The van der Waals surface area contributed by atoms with Crippen molar-refractivity contribution in [2.24, 2.45) is 5.92 Å². The number of sulfonamides is 1. The lowest BCUT2D eigenvalue weighted by Gasteiger charge is -2.33. The van der Waals surface area contributed by atoms with Crippen LogP contribution in [0.15, 0.2) is 29.2 Å². The third-order valence-electron chi connectivity index (χ3n) is 3.55. The number of hydrogen-bond acceptors (Lipinski definition) is 5. The van der Waals surface area contributed by atoms with Gasteiger partial charge in [0.1, 0.15) is 5.75 Å². The fourth-order valence-electron chi connectivity index (χ4n) is 2.33. The summed E-state index contributed by atoms with van der Waals surface area (Å²) in [6, 6.07) is 3.59. The van der Waals surface area contributed by atoms with Crippen molar-refractivity contribution in [1.82, 2.24) is 4.31 Å². The zero-order chi connectivity index (χ0) is 18.1. The van der Waals surface area contributed by atoms with Gasteiger partial charge >= 0.3 is 12.3 Å². The molecule has 0 radical (unpaired) electrons. The fourth-order valence-corrected chi connectivity index (χ4v) is 3.81. The Labute approximate surface area is 135 Å². The molecule has 24 heavy (non-hydrogen) atoms. The Kier molecular flexibility index (Phi) is 5.06. The van der Waals surface area contributed by atoms with Crippen LogP contribution in [0.25, 0.3) is 0 Å². The minimum atomic E-state index is -4.89. The molecule has 0 saturated carbocycles. The van der Waals surface area contributed by atoms with Crippen molar-refractivity contribution >= 4 is 16.0 Å². The first kappa shape index (κ1) is 18.5. The molecule has 7 nitrogen and oxygen atoms in total. The third kappa shape index (κ3) is 4.16. The summed E-state index contributed by atoms with van der Waals surface area (Å²) in [5, 5.41) is 18.6. The van der Waals surface area contributed by atoms with Crippen molar-refractivity contribution in [3.8, 4) is 5.75 Å². The highest BCUT2D eigenvalue weighted by Crippen LogP contribution is 2.27. The van der Waals surface area contributed by atoms with E-state index >= 15 is 0 Å². The number of carboxylic acids is 1. The van der Waals surface area contributed by atoms with Gasteiger partial charge < -0.3 is 14.9 Å². The predicted molar refractivity (Wildman–Crippen MR) is 73.6 cm³/mol. The highest BCUT2D eigenvalue weighted by Gasteiger charge is 2.38. The van der Waals surface area contributed by atoms with Crippen LogP contribution >= 0.6 is 0 Å². The molecule has 0 spiro atoms. The number of ether oxygens (including phenoxy) is 1. The summed E-state index contributed by atoms with van der Waals surface area (Å²) >= 11 is 0. The van der Waals surface area contributed by atoms with E-state index in [1.807, 2.05) is 0 Å². The van der Waals surface area contributed by atoms with E-state index in [1.54, 1.807) is 0 Å². The number of aliphatic carboxylic acids is 1. The number of rotatable bonds is 4. The largest absolute Gasteiger partial charge is 0.573 e. The maximum atomic E-state index is 12.4. The third-order valence-corrected chi connectivity index (χ3v) is 5.43. The second-order valence-corrected chi connectivity index (χ2v) is 7.12. The maximum Gasteiger partial charge on any atom is 0.573 e. The Morgan fingerprint density at radius 1 is 1.25 bits per heavy atom. The monoisotopic (exact) mass is 369 g/mol. The van der Waals surface area contributed by atoms with E-state index in [9.17, 15) is 31.5 Å². The van der Waals surface area contributed by atoms with Crippen LogP contribution in [0.2, 0.25) is 0 Å². The molecule has 2 N–H and O–H groups in total. The number of halogens is 3. The molecular formula is C13H14F3NO6S. The van der Waals surface area contributed by atoms with Crippen molar-refractivity contribution in [1.29, 1.82) is 0 Å². The predicted octanol–water partition coefficient (Wildman–Crippen LogP) is 1.04. The Morgan fingerprint density at radius 3 is 2.33 bits per heavy atom. The van der Waals surface area contributed by atoms with Crippen LogP contribution in [0.5, 0.6) is 5.75 Å². The van der Waals surface area contributed by atoms with E-state index in [4.69, 9.17) is 5.11 Å². The minimum Gasteiger partial charge on any atom is -0.481 e. The van der Waals surface area contributed by atoms with Crippen molar-refractivity contribution in [2.75, 3.05) is 13.1 Å². The number of carbonyl (C=O) groups is 1. The zero-order valence-corrected chi connectivity index (χ0v) is 12.9. The van der Waals surface area contributed by atoms with Gasteiger partial charge in [-0.15, -0.1) is 13.2 Å². The summed E-state index contributed by atoms with van der Waals surface area (Å²) in [6.45, 7) is -0.506. The number of alkyl halides is 3. The molecule has 1 aromatic carbocycles. The summed E-state index contributed by atoms with van der Waals surface area (Å²) in [7, 11) is -4.09. The molecule has 1 aliphatic heterocycles. The van der Waals surface area contributed by atoms with E-state index in [2.05, 4.69) is 4.74 Å². The van der Waals surface area contributed by atoms with Gasteiger partial charge in [-0.2, -0.15) is 4.31 Å². The summed E-state index contributed by atoms with van der Waals surface area (Å²) < 4.78 is 65.7. The van der Waals surface area contributed by atoms with Gasteiger partial charge in [0.25, 0.3) is 0 Å². The van der Waals surface area contributed by atoms with Crippen molar-refractivity contribution in [3.05, 3.63) is 24.3 Å². The van der Waals surface area contributed by atoms with Crippen LogP contribution in [0.4, 0.5) is 13.2 Å². The Bertz CT molecular complexity index is 703. The number of piperidine rings is 1. The fraction of sp³-hybridized carbons (Fsp3) is 0.462. The lowest BCUT2D eigenvalue weighted by molar-refractivity contribution is -0.274. The molecular weight excluding hydrogens is 355 g/mol. The van der Waals surface area contributed by atoms with Crippen molar-refractivity contribution in [3.63, 3.8) is 0 Å². The molecule has 2 rings (SSSR count). The van der Waals surface area contributed by atoms with Gasteiger partial charge in [-0.1, -0.05) is 0 Å². The number of benzene rings is 1. The van der Waals surface area contributed by atoms with Gasteiger partial charge in [0.15, 0.2) is 0 Å². The Balaban J connectivity index is 2.19. The van der Waals surface area contributed by atoms with E-state index in [0.717, 1.165) is 28.6 Å². The van der Waals surface area contributed by atoms with Gasteiger partial charge in [-0.25, -0.2) is 8.42 Å². The van der Waals surface area contributed by atoms with Crippen LogP contribution in [0.3, 0.4) is 0 Å². The Hall–Kier alpha value is -1.85. The van der Waals surface area contributed by atoms with Crippen LogP contribution in [-0.4, -0.2) is 54.5 Å². The highest BCUT2D eigenvalue weighted by molar-refractivity contribution is 7.89. The molecule has 0 bridgehead atoms. The normalized spacial score (nSPS) is 23.0. The molecule has 0 aromatic heterocycles. The quantitative estimate of drug-likeness (QED) is 0.822. The van der Waals surface area contributed by atoms with E-state index in [0.29, 0.717) is 0 Å². The van der Waals surface area contributed by atoms with Crippen molar-refractivity contribution < 1.29 is 41.3 Å². The number of hydrogen-bond donors (Lipinski definition) is 2. The van der Waals surface area contributed by atoms with E-state index < -0.39 is 46.7 Å². The summed E-state index contributed by atoms with van der Waals surface area (Å²) in [5.74, 6) is -3.16. The van der Waals surface area contributed by atoms with Gasteiger partial charge in [-0.05, 0) is 30.7 Å². The molecule has 0 unspecified atom stereocenters. The molecule has 0 amide bonds. The first-order valence-electron chi connectivity index (χ1n) is 6.77. The SMILES string of the molecule is O=C(O)[C@H]1CN(S(=O)(=O)c2ccc(OC(F)(F)F)cc2)CC[C@H]1O. The van der Waals surface area contributed by atoms with E-state index in [1.165, 1.54) is 0 Å². The Morgan fingerprint density at radius 2 is 1.83 bits per heavy atom. The minimum absolute atomic E-state index is 0.0501. The average molecular weight is 369 g/mol. The number of aliphatic hydroxyl groups excluding tert-OH is 1. The molecule has 1 saturated heterocycles. The van der Waals surface area contributed by atoms with Crippen molar-refractivity contribution in [2.45, 2.75) is 23.8 Å².